The SMILES string of the molecule is O=C(OC1C[C@H]2CC[C@@H](C1)N2C(=O)C(O)(c1ccccc1)c1ccccc1)C(O)(c1ccccc1)c1ccccc1. The third-order valence-electron chi connectivity index (χ3n) is 8.57. The zero-order valence-corrected chi connectivity index (χ0v) is 22.7. The number of carbonyl (C=O) groups excluding carboxylic acids is 2. The first-order valence-corrected chi connectivity index (χ1v) is 14.1. The van der Waals surface area contributed by atoms with Crippen molar-refractivity contribution in [2.75, 3.05) is 0 Å². The molecule has 2 N–H and O–H groups in total. The van der Waals surface area contributed by atoms with Crippen LogP contribution in [-0.4, -0.2) is 45.2 Å². The Balaban J connectivity index is 1.26. The second kappa shape index (κ2) is 11.0. The average Bonchev–Trinajstić information content (AvgIpc) is 3.30. The lowest BCUT2D eigenvalue weighted by Crippen LogP contribution is -2.56. The van der Waals surface area contributed by atoms with Gasteiger partial charge in [-0.25, -0.2) is 4.79 Å². The number of fused-ring (bicyclic) bond motifs is 2. The van der Waals surface area contributed by atoms with Crippen LogP contribution in [0.4, 0.5) is 0 Å². The van der Waals surface area contributed by atoms with Crippen LogP contribution >= 0.6 is 0 Å². The zero-order valence-electron chi connectivity index (χ0n) is 22.7. The first-order chi connectivity index (χ1) is 19.9. The largest absolute Gasteiger partial charge is 0.460 e. The van der Waals surface area contributed by atoms with E-state index < -0.39 is 23.3 Å². The monoisotopic (exact) mass is 547 g/mol. The quantitative estimate of drug-likeness (QED) is 0.321. The van der Waals surface area contributed by atoms with Gasteiger partial charge in [0.15, 0.2) is 5.60 Å². The molecular formula is C35H33NO5. The highest BCUT2D eigenvalue weighted by Gasteiger charge is 2.52. The van der Waals surface area contributed by atoms with Gasteiger partial charge in [-0.15, -0.1) is 0 Å². The third-order valence-corrected chi connectivity index (χ3v) is 8.57. The van der Waals surface area contributed by atoms with Crippen LogP contribution in [0.5, 0.6) is 0 Å². The molecule has 0 saturated carbocycles. The molecule has 4 aromatic carbocycles. The van der Waals surface area contributed by atoms with Crippen LogP contribution in [0.15, 0.2) is 121 Å². The highest BCUT2D eigenvalue weighted by molar-refractivity contribution is 5.91. The Bertz CT molecular complexity index is 1400. The summed E-state index contributed by atoms with van der Waals surface area (Å²) in [5, 5.41) is 23.9. The normalized spacial score (nSPS) is 20.4. The maximum atomic E-state index is 14.3. The summed E-state index contributed by atoms with van der Waals surface area (Å²) in [7, 11) is 0. The lowest BCUT2D eigenvalue weighted by molar-refractivity contribution is -0.173. The van der Waals surface area contributed by atoms with Crippen LogP contribution in [0, 0.1) is 0 Å². The van der Waals surface area contributed by atoms with Crippen molar-refractivity contribution in [3.63, 3.8) is 0 Å². The van der Waals surface area contributed by atoms with E-state index >= 15 is 0 Å². The van der Waals surface area contributed by atoms with Crippen molar-refractivity contribution >= 4 is 11.9 Å². The van der Waals surface area contributed by atoms with Gasteiger partial charge < -0.3 is 19.8 Å². The first-order valence-electron chi connectivity index (χ1n) is 14.1. The summed E-state index contributed by atoms with van der Waals surface area (Å²) in [6.07, 6.45) is 1.92. The molecule has 3 atom stereocenters. The molecule has 6 heteroatoms. The van der Waals surface area contributed by atoms with E-state index in [0.717, 1.165) is 12.8 Å². The first kappa shape index (κ1) is 26.9. The van der Waals surface area contributed by atoms with Crippen molar-refractivity contribution in [1.29, 1.82) is 0 Å². The van der Waals surface area contributed by atoms with Gasteiger partial charge in [-0.05, 0) is 35.1 Å². The van der Waals surface area contributed by atoms with Crippen LogP contribution in [0.25, 0.3) is 0 Å². The maximum Gasteiger partial charge on any atom is 0.347 e. The Morgan fingerprint density at radius 2 is 0.927 bits per heavy atom. The van der Waals surface area contributed by atoms with Crippen LogP contribution < -0.4 is 0 Å². The molecule has 4 aromatic rings. The Morgan fingerprint density at radius 3 is 1.29 bits per heavy atom. The van der Waals surface area contributed by atoms with Gasteiger partial charge in [-0.2, -0.15) is 0 Å². The second-order valence-electron chi connectivity index (χ2n) is 11.0. The standard InChI is InChI=1S/C35H33NO5/c37-32(34(39,25-13-5-1-6-14-25)26-15-7-2-8-16-26)36-29-21-22-30(36)24-31(23-29)41-33(38)35(40,27-17-9-3-10-18-27)28-19-11-4-12-20-28/h1-20,29-31,39-40H,21-24H2/t29-,30+,31?. The third kappa shape index (κ3) is 4.73. The minimum absolute atomic E-state index is 0.195. The lowest BCUT2D eigenvalue weighted by atomic mass is 9.83. The molecule has 2 bridgehead atoms. The maximum absolute atomic E-state index is 14.3. The average molecular weight is 548 g/mol. The van der Waals surface area contributed by atoms with E-state index in [1.54, 1.807) is 72.8 Å². The molecule has 2 fully saturated rings. The molecule has 2 saturated heterocycles. The predicted octanol–water partition coefficient (Wildman–Crippen LogP) is 4.92. The van der Waals surface area contributed by atoms with Gasteiger partial charge in [0.05, 0.1) is 0 Å². The molecule has 1 amide bonds. The number of nitrogens with zero attached hydrogens (tertiary/aromatic N) is 1. The number of hydrogen-bond acceptors (Lipinski definition) is 5. The summed E-state index contributed by atoms with van der Waals surface area (Å²) in [5.41, 5.74) is -1.91. The van der Waals surface area contributed by atoms with Gasteiger partial charge in [0.2, 0.25) is 5.60 Å². The van der Waals surface area contributed by atoms with E-state index in [-0.39, 0.29) is 18.0 Å². The summed E-state index contributed by atoms with van der Waals surface area (Å²) in [6.45, 7) is 0. The molecule has 208 valence electrons. The summed E-state index contributed by atoms with van der Waals surface area (Å²) >= 11 is 0. The van der Waals surface area contributed by atoms with Gasteiger partial charge in [-0.3, -0.25) is 4.79 Å². The van der Waals surface area contributed by atoms with Crippen molar-refractivity contribution in [1.82, 2.24) is 4.90 Å². The van der Waals surface area contributed by atoms with E-state index in [0.29, 0.717) is 35.1 Å². The zero-order chi connectivity index (χ0) is 28.5. The molecule has 2 aliphatic rings. The van der Waals surface area contributed by atoms with E-state index in [1.807, 2.05) is 53.4 Å². The summed E-state index contributed by atoms with van der Waals surface area (Å²) in [4.78, 5) is 29.8. The Labute approximate surface area is 239 Å². The number of rotatable bonds is 7. The van der Waals surface area contributed by atoms with E-state index in [1.165, 1.54) is 0 Å². The van der Waals surface area contributed by atoms with E-state index in [4.69, 9.17) is 4.74 Å². The summed E-state index contributed by atoms with van der Waals surface area (Å²) in [6, 6.07) is 35.3. The van der Waals surface area contributed by atoms with Gasteiger partial charge in [0.25, 0.3) is 5.91 Å². The minimum Gasteiger partial charge on any atom is -0.460 e. The minimum atomic E-state index is -1.96. The molecule has 1 unspecified atom stereocenters. The van der Waals surface area contributed by atoms with Crippen molar-refractivity contribution in [3.8, 4) is 0 Å². The number of aliphatic hydroxyl groups is 2. The van der Waals surface area contributed by atoms with Crippen molar-refractivity contribution in [2.24, 2.45) is 0 Å². The fourth-order valence-electron chi connectivity index (χ4n) is 6.51. The highest BCUT2D eigenvalue weighted by Crippen LogP contribution is 2.43. The lowest BCUT2D eigenvalue weighted by Gasteiger charge is -2.43. The Kier molecular flexibility index (Phi) is 7.20. The molecule has 0 aliphatic carbocycles. The number of ether oxygens (including phenoxy) is 1. The van der Waals surface area contributed by atoms with Gasteiger partial charge in [-0.1, -0.05) is 121 Å². The van der Waals surface area contributed by atoms with Gasteiger partial charge in [0.1, 0.15) is 6.10 Å². The Hall–Kier alpha value is -4.26. The number of amides is 1. The highest BCUT2D eigenvalue weighted by atomic mass is 16.6. The van der Waals surface area contributed by atoms with Crippen molar-refractivity contribution < 1.29 is 24.5 Å². The number of esters is 1. The number of piperidine rings is 1. The van der Waals surface area contributed by atoms with Crippen LogP contribution in [0.2, 0.25) is 0 Å². The second-order valence-corrected chi connectivity index (χ2v) is 11.0. The number of hydrogen-bond donors (Lipinski definition) is 2. The van der Waals surface area contributed by atoms with Crippen LogP contribution in [-0.2, 0) is 25.5 Å². The molecule has 0 spiro atoms. The van der Waals surface area contributed by atoms with Gasteiger partial charge in [0, 0.05) is 24.9 Å². The molecule has 6 rings (SSSR count). The molecule has 0 radical (unpaired) electrons. The van der Waals surface area contributed by atoms with E-state index in [2.05, 4.69) is 0 Å². The molecule has 0 aromatic heterocycles. The van der Waals surface area contributed by atoms with Gasteiger partial charge >= 0.3 is 5.97 Å². The number of benzene rings is 4. The molecule has 2 heterocycles. The van der Waals surface area contributed by atoms with Crippen molar-refractivity contribution in [2.45, 2.75) is 55.1 Å². The molecule has 2 aliphatic heterocycles. The fraction of sp³-hybridized carbons (Fsp3) is 0.257. The molecule has 41 heavy (non-hydrogen) atoms. The molecule has 6 nitrogen and oxygen atoms in total. The molecular weight excluding hydrogens is 514 g/mol. The fourth-order valence-corrected chi connectivity index (χ4v) is 6.51. The summed E-state index contributed by atoms with van der Waals surface area (Å²) in [5.74, 6) is -1.10. The van der Waals surface area contributed by atoms with Crippen LogP contribution in [0.1, 0.15) is 47.9 Å². The topological polar surface area (TPSA) is 87.1 Å². The van der Waals surface area contributed by atoms with Crippen LogP contribution in [0.3, 0.4) is 0 Å². The summed E-state index contributed by atoms with van der Waals surface area (Å²) < 4.78 is 6.04. The number of carbonyl (C=O) groups is 2. The predicted molar refractivity (Wildman–Crippen MR) is 155 cm³/mol. The Morgan fingerprint density at radius 1 is 0.585 bits per heavy atom. The van der Waals surface area contributed by atoms with E-state index in [9.17, 15) is 19.8 Å². The smallest absolute Gasteiger partial charge is 0.347 e. The van der Waals surface area contributed by atoms with Crippen molar-refractivity contribution in [3.05, 3.63) is 144 Å².